The second-order valence-corrected chi connectivity index (χ2v) is 5.35. The van der Waals surface area contributed by atoms with Gasteiger partial charge in [-0.05, 0) is 41.9 Å². The van der Waals surface area contributed by atoms with E-state index in [9.17, 15) is 4.79 Å². The number of carbonyl (C=O) groups is 1. The molecule has 2 atom stereocenters. The number of hydrogen-bond donors (Lipinski definition) is 2. The predicted octanol–water partition coefficient (Wildman–Crippen LogP) is 2.38. The topological polar surface area (TPSA) is 69.2 Å². The van der Waals surface area contributed by atoms with Gasteiger partial charge in [-0.15, -0.1) is 0 Å². The van der Waals surface area contributed by atoms with E-state index in [0.717, 1.165) is 21.6 Å². The van der Waals surface area contributed by atoms with Crippen LogP contribution in [0, 0.1) is 16.5 Å². The van der Waals surface area contributed by atoms with Gasteiger partial charge in [-0.1, -0.05) is 6.92 Å². The van der Waals surface area contributed by atoms with E-state index >= 15 is 0 Å². The van der Waals surface area contributed by atoms with Gasteiger partial charge in [-0.2, -0.15) is 0 Å². The van der Waals surface area contributed by atoms with Crippen molar-refractivity contribution in [3.8, 4) is 0 Å². The smallest absolute Gasteiger partial charge is 0.407 e. The highest BCUT2D eigenvalue weighted by Gasteiger charge is 2.36. The van der Waals surface area contributed by atoms with Crippen molar-refractivity contribution in [2.45, 2.75) is 26.3 Å². The molecule has 2 N–H and O–H groups in total. The van der Waals surface area contributed by atoms with Crippen LogP contribution in [0.1, 0.15) is 30.9 Å². The molecule has 1 aromatic rings. The highest BCUT2D eigenvalue weighted by atomic mass is 127. The molecule has 88 valence electrons. The summed E-state index contributed by atoms with van der Waals surface area (Å²) >= 11 is 2.15. The third-order valence-corrected chi connectivity index (χ3v) is 3.97. The van der Waals surface area contributed by atoms with Gasteiger partial charge in [0.1, 0.15) is 9.53 Å². The summed E-state index contributed by atoms with van der Waals surface area (Å²) in [5.74, 6) is 1.16. The number of nitrogens with zero attached hydrogens (tertiary/aromatic N) is 2. The Morgan fingerprint density at radius 3 is 2.88 bits per heavy atom. The number of imidazole rings is 1. The van der Waals surface area contributed by atoms with Gasteiger partial charge in [0.25, 0.3) is 0 Å². The number of carboxylic acid groups (broad SMARTS) is 1. The first-order valence-electron chi connectivity index (χ1n) is 5.20. The molecule has 0 spiro atoms. The summed E-state index contributed by atoms with van der Waals surface area (Å²) in [7, 11) is 0. The number of halogens is 1. The maximum Gasteiger partial charge on any atom is 0.407 e. The quantitative estimate of drug-likeness (QED) is 0.775. The minimum absolute atomic E-state index is 0.116. The summed E-state index contributed by atoms with van der Waals surface area (Å²) in [5, 5.41) is 9.12. The molecule has 5 nitrogen and oxygen atoms in total. The van der Waals surface area contributed by atoms with Crippen molar-refractivity contribution >= 4 is 28.7 Å². The minimum Gasteiger partial charge on any atom is -0.465 e. The average Bonchev–Trinajstić information content (AvgIpc) is 2.71. The van der Waals surface area contributed by atoms with Crippen molar-refractivity contribution in [1.29, 1.82) is 0 Å². The van der Waals surface area contributed by atoms with Crippen molar-refractivity contribution in [2.75, 3.05) is 6.54 Å². The van der Waals surface area contributed by atoms with Crippen LogP contribution in [0.3, 0.4) is 0 Å². The van der Waals surface area contributed by atoms with Gasteiger partial charge in [0.15, 0.2) is 0 Å². The minimum atomic E-state index is -0.863. The Morgan fingerprint density at radius 2 is 2.38 bits per heavy atom. The van der Waals surface area contributed by atoms with Crippen LogP contribution < -0.4 is 0 Å². The fourth-order valence-electron chi connectivity index (χ4n) is 2.14. The molecule has 0 saturated carbocycles. The number of aryl methyl sites for hydroxylation is 1. The SMILES string of the molecule is Cc1[nH]c([C@@H]2C[C@H](C)CN2C(=O)O)nc1I. The largest absolute Gasteiger partial charge is 0.465 e. The maximum absolute atomic E-state index is 11.1. The highest BCUT2D eigenvalue weighted by Crippen LogP contribution is 2.34. The average molecular weight is 335 g/mol. The van der Waals surface area contributed by atoms with Crippen LogP contribution in [0.25, 0.3) is 0 Å². The zero-order valence-electron chi connectivity index (χ0n) is 9.20. The van der Waals surface area contributed by atoms with E-state index in [1.807, 2.05) is 6.92 Å². The van der Waals surface area contributed by atoms with E-state index < -0.39 is 6.09 Å². The molecule has 6 heteroatoms. The van der Waals surface area contributed by atoms with E-state index in [1.54, 1.807) is 0 Å². The van der Waals surface area contributed by atoms with Gasteiger partial charge >= 0.3 is 6.09 Å². The summed E-state index contributed by atoms with van der Waals surface area (Å²) in [6, 6.07) is -0.116. The number of rotatable bonds is 1. The normalized spacial score (nSPS) is 25.1. The van der Waals surface area contributed by atoms with Crippen molar-refractivity contribution in [3.05, 3.63) is 15.2 Å². The number of likely N-dealkylation sites (tertiary alicyclic amines) is 1. The first-order chi connectivity index (χ1) is 7.49. The molecule has 0 aromatic carbocycles. The third kappa shape index (κ3) is 2.02. The van der Waals surface area contributed by atoms with Crippen LogP contribution >= 0.6 is 22.6 Å². The van der Waals surface area contributed by atoms with Crippen LogP contribution in [0.5, 0.6) is 0 Å². The number of aromatic nitrogens is 2. The van der Waals surface area contributed by atoms with E-state index in [0.29, 0.717) is 12.5 Å². The van der Waals surface area contributed by atoms with E-state index in [4.69, 9.17) is 5.11 Å². The van der Waals surface area contributed by atoms with Crippen molar-refractivity contribution in [3.63, 3.8) is 0 Å². The predicted molar refractivity (Wildman–Crippen MR) is 67.3 cm³/mol. The number of amides is 1. The van der Waals surface area contributed by atoms with Crippen LogP contribution in [-0.4, -0.2) is 32.6 Å². The Balaban J connectivity index is 2.28. The molecule has 1 fully saturated rings. The van der Waals surface area contributed by atoms with Crippen LogP contribution in [0.4, 0.5) is 4.79 Å². The first-order valence-corrected chi connectivity index (χ1v) is 6.28. The molecule has 16 heavy (non-hydrogen) atoms. The molecule has 0 unspecified atom stereocenters. The molecule has 1 aliphatic rings. The van der Waals surface area contributed by atoms with E-state index in [2.05, 4.69) is 39.5 Å². The fraction of sp³-hybridized carbons (Fsp3) is 0.600. The summed E-state index contributed by atoms with van der Waals surface area (Å²) < 4.78 is 0.914. The zero-order chi connectivity index (χ0) is 11.9. The number of H-pyrrole nitrogens is 1. The van der Waals surface area contributed by atoms with Gasteiger partial charge < -0.3 is 10.1 Å². The summed E-state index contributed by atoms with van der Waals surface area (Å²) in [6.45, 7) is 4.61. The fourth-order valence-corrected chi connectivity index (χ4v) is 2.53. The lowest BCUT2D eigenvalue weighted by Gasteiger charge is -2.19. The summed E-state index contributed by atoms with van der Waals surface area (Å²) in [6.07, 6.45) is -0.0200. The molecule has 0 bridgehead atoms. The Morgan fingerprint density at radius 1 is 1.69 bits per heavy atom. The second-order valence-electron chi connectivity index (χ2n) is 4.33. The molecule has 1 aliphatic heterocycles. The van der Waals surface area contributed by atoms with Crippen LogP contribution in [0.15, 0.2) is 0 Å². The lowest BCUT2D eigenvalue weighted by molar-refractivity contribution is 0.138. The van der Waals surface area contributed by atoms with Crippen LogP contribution in [0.2, 0.25) is 0 Å². The highest BCUT2D eigenvalue weighted by molar-refractivity contribution is 14.1. The van der Waals surface area contributed by atoms with Gasteiger partial charge in [-0.25, -0.2) is 9.78 Å². The second kappa shape index (κ2) is 4.23. The maximum atomic E-state index is 11.1. The molecule has 1 amide bonds. The number of hydrogen-bond acceptors (Lipinski definition) is 2. The van der Waals surface area contributed by atoms with Crippen LogP contribution in [-0.2, 0) is 0 Å². The zero-order valence-corrected chi connectivity index (χ0v) is 11.4. The van der Waals surface area contributed by atoms with E-state index in [1.165, 1.54) is 4.90 Å². The van der Waals surface area contributed by atoms with Crippen molar-refractivity contribution < 1.29 is 9.90 Å². The molecule has 0 radical (unpaired) electrons. The lowest BCUT2D eigenvalue weighted by Crippen LogP contribution is -2.29. The lowest BCUT2D eigenvalue weighted by atomic mass is 10.1. The van der Waals surface area contributed by atoms with Gasteiger partial charge in [0.2, 0.25) is 0 Å². The molecular weight excluding hydrogens is 321 g/mol. The third-order valence-electron chi connectivity index (χ3n) is 2.92. The molecule has 0 aliphatic carbocycles. The number of aromatic amines is 1. The molecule has 1 saturated heterocycles. The van der Waals surface area contributed by atoms with Crippen molar-refractivity contribution in [2.24, 2.45) is 5.92 Å². The Bertz CT molecular complexity index is 399. The van der Waals surface area contributed by atoms with Gasteiger partial charge in [-0.3, -0.25) is 4.90 Å². The van der Waals surface area contributed by atoms with Gasteiger partial charge in [0.05, 0.1) is 6.04 Å². The molecule has 2 rings (SSSR count). The van der Waals surface area contributed by atoms with E-state index in [-0.39, 0.29) is 6.04 Å². The molecule has 1 aromatic heterocycles. The summed E-state index contributed by atoms with van der Waals surface area (Å²) in [4.78, 5) is 20.1. The molecule has 2 heterocycles. The molecular formula is C10H14IN3O2. The monoisotopic (exact) mass is 335 g/mol. The number of nitrogens with one attached hydrogen (secondary N) is 1. The summed E-state index contributed by atoms with van der Waals surface area (Å²) in [5.41, 5.74) is 1.00. The standard InChI is InChI=1S/C10H14IN3O2/c1-5-3-7(14(4-5)10(15)16)9-12-6(2)8(11)13-9/h5,7H,3-4H2,1-2H3,(H,12,13)(H,15,16)/t5-,7-/m0/s1. The Kier molecular flexibility index (Phi) is 3.09. The Hall–Kier alpha value is -0.790. The first kappa shape index (κ1) is 11.7. The Labute approximate surface area is 107 Å². The van der Waals surface area contributed by atoms with Gasteiger partial charge in [0, 0.05) is 12.2 Å². The van der Waals surface area contributed by atoms with Crippen molar-refractivity contribution in [1.82, 2.24) is 14.9 Å².